The molecule has 0 rings (SSSR count). The lowest BCUT2D eigenvalue weighted by molar-refractivity contribution is -0.144. The van der Waals surface area contributed by atoms with E-state index in [0.717, 1.165) is 58.3 Å². The predicted octanol–water partition coefficient (Wildman–Crippen LogP) is 13.7. The average molecular weight is 738 g/mol. The number of unbranched alkanes of at least 4 members (excludes halogenated alkanes) is 25. The third-order valence-electron chi connectivity index (χ3n) is 10.6. The molecule has 0 fully saturated rings. The van der Waals surface area contributed by atoms with Gasteiger partial charge in [0.1, 0.15) is 6.61 Å². The van der Waals surface area contributed by atoms with E-state index in [2.05, 4.69) is 25.7 Å². The molecule has 0 radical (unpaired) electrons. The molecule has 6 nitrogen and oxygen atoms in total. The Bertz CT molecular complexity index is 716. The van der Waals surface area contributed by atoms with Crippen LogP contribution in [0.15, 0.2) is 0 Å². The van der Waals surface area contributed by atoms with Crippen LogP contribution in [0, 0.1) is 0 Å². The van der Waals surface area contributed by atoms with Crippen molar-refractivity contribution in [2.24, 2.45) is 0 Å². The van der Waals surface area contributed by atoms with Gasteiger partial charge in [-0.05, 0) is 58.0 Å². The SMILES string of the molecule is CCCCCCCCCOC(=O)CCCCCCCN(CCCCCCCCOC(CCCCCCCC)CCCCCCCC)CCOC(C)=O. The van der Waals surface area contributed by atoms with Crippen molar-refractivity contribution in [3.63, 3.8) is 0 Å². The molecule has 0 amide bonds. The number of esters is 2. The van der Waals surface area contributed by atoms with Crippen molar-refractivity contribution in [3.05, 3.63) is 0 Å². The van der Waals surface area contributed by atoms with Gasteiger partial charge in [0.25, 0.3) is 0 Å². The van der Waals surface area contributed by atoms with Crippen molar-refractivity contribution in [1.29, 1.82) is 0 Å². The van der Waals surface area contributed by atoms with Crippen molar-refractivity contribution in [1.82, 2.24) is 4.90 Å². The van der Waals surface area contributed by atoms with E-state index in [1.807, 2.05) is 0 Å². The first-order valence-corrected chi connectivity index (χ1v) is 23.2. The summed E-state index contributed by atoms with van der Waals surface area (Å²) in [5.41, 5.74) is 0. The van der Waals surface area contributed by atoms with Crippen LogP contribution in [0.1, 0.15) is 240 Å². The Hall–Kier alpha value is -1.14. The molecule has 0 N–H and O–H groups in total. The number of rotatable bonds is 43. The fourth-order valence-electron chi connectivity index (χ4n) is 7.12. The first-order valence-electron chi connectivity index (χ1n) is 23.2. The molecule has 6 heteroatoms. The van der Waals surface area contributed by atoms with Gasteiger partial charge in [0.05, 0.1) is 12.7 Å². The molecule has 0 spiro atoms. The highest BCUT2D eigenvalue weighted by Crippen LogP contribution is 2.18. The zero-order chi connectivity index (χ0) is 38.0. The molecule has 0 saturated carbocycles. The third-order valence-corrected chi connectivity index (χ3v) is 10.6. The van der Waals surface area contributed by atoms with Gasteiger partial charge >= 0.3 is 11.9 Å². The summed E-state index contributed by atoms with van der Waals surface area (Å²) in [4.78, 5) is 25.8. The van der Waals surface area contributed by atoms with Crippen LogP contribution in [0.25, 0.3) is 0 Å². The maximum atomic E-state index is 12.0. The first kappa shape index (κ1) is 50.9. The van der Waals surface area contributed by atoms with Crippen molar-refractivity contribution >= 4 is 11.9 Å². The minimum Gasteiger partial charge on any atom is -0.466 e. The summed E-state index contributed by atoms with van der Waals surface area (Å²) in [6.45, 7) is 13.3. The second kappa shape index (κ2) is 42.6. The van der Waals surface area contributed by atoms with Crippen LogP contribution in [-0.2, 0) is 23.8 Å². The molecule has 0 aromatic carbocycles. The normalized spacial score (nSPS) is 11.6. The molecule has 52 heavy (non-hydrogen) atoms. The molecule has 0 bridgehead atoms. The monoisotopic (exact) mass is 738 g/mol. The fourth-order valence-corrected chi connectivity index (χ4v) is 7.12. The van der Waals surface area contributed by atoms with E-state index < -0.39 is 0 Å². The van der Waals surface area contributed by atoms with Gasteiger partial charge in [0.15, 0.2) is 0 Å². The summed E-state index contributed by atoms with van der Waals surface area (Å²) in [5, 5.41) is 0. The van der Waals surface area contributed by atoms with Gasteiger partial charge in [0, 0.05) is 26.5 Å². The van der Waals surface area contributed by atoms with Gasteiger partial charge in [-0.2, -0.15) is 0 Å². The van der Waals surface area contributed by atoms with Gasteiger partial charge in [0.2, 0.25) is 0 Å². The van der Waals surface area contributed by atoms with Gasteiger partial charge in [-0.1, -0.05) is 181 Å². The number of nitrogens with zero attached hydrogens (tertiary/aromatic N) is 1. The number of hydrogen-bond donors (Lipinski definition) is 0. The summed E-state index contributed by atoms with van der Waals surface area (Å²) in [6.07, 6.45) is 41.6. The first-order chi connectivity index (χ1) is 25.5. The quantitative estimate of drug-likeness (QED) is 0.0458. The third kappa shape index (κ3) is 40.1. The Kier molecular flexibility index (Phi) is 41.7. The van der Waals surface area contributed by atoms with Crippen molar-refractivity contribution in [3.8, 4) is 0 Å². The van der Waals surface area contributed by atoms with Crippen LogP contribution in [0.2, 0.25) is 0 Å². The second-order valence-electron chi connectivity index (χ2n) is 15.8. The summed E-state index contributed by atoms with van der Waals surface area (Å²) in [7, 11) is 0. The van der Waals surface area contributed by atoms with Crippen LogP contribution < -0.4 is 0 Å². The van der Waals surface area contributed by atoms with Crippen molar-refractivity contribution in [2.45, 2.75) is 246 Å². The van der Waals surface area contributed by atoms with Crippen molar-refractivity contribution in [2.75, 3.05) is 39.5 Å². The van der Waals surface area contributed by atoms with Crippen LogP contribution in [0.5, 0.6) is 0 Å². The highest BCUT2D eigenvalue weighted by atomic mass is 16.5. The average Bonchev–Trinajstić information content (AvgIpc) is 3.13. The van der Waals surface area contributed by atoms with E-state index in [1.54, 1.807) is 0 Å². The Morgan fingerprint density at radius 2 is 0.827 bits per heavy atom. The number of hydrogen-bond acceptors (Lipinski definition) is 6. The molecule has 0 aromatic heterocycles. The number of carbonyl (C=O) groups excluding carboxylic acids is 2. The fraction of sp³-hybridized carbons (Fsp3) is 0.957. The lowest BCUT2D eigenvalue weighted by Crippen LogP contribution is -2.30. The van der Waals surface area contributed by atoms with E-state index in [1.165, 1.54) is 180 Å². The Balaban J connectivity index is 4.06. The zero-order valence-corrected chi connectivity index (χ0v) is 35.6. The molecule has 0 aliphatic heterocycles. The lowest BCUT2D eigenvalue weighted by Gasteiger charge is -2.22. The largest absolute Gasteiger partial charge is 0.466 e. The minimum atomic E-state index is -0.194. The molecule has 0 unspecified atom stereocenters. The van der Waals surface area contributed by atoms with E-state index >= 15 is 0 Å². The van der Waals surface area contributed by atoms with E-state index in [-0.39, 0.29) is 11.9 Å². The minimum absolute atomic E-state index is 0.0257. The molecule has 0 aliphatic carbocycles. The number of carbonyl (C=O) groups is 2. The van der Waals surface area contributed by atoms with Crippen LogP contribution in [-0.4, -0.2) is 62.4 Å². The van der Waals surface area contributed by atoms with Gasteiger partial charge in [-0.3, -0.25) is 14.5 Å². The van der Waals surface area contributed by atoms with Crippen LogP contribution in [0.3, 0.4) is 0 Å². The molecule has 0 heterocycles. The molecular weight excluding hydrogens is 647 g/mol. The topological polar surface area (TPSA) is 65.1 Å². The Labute approximate surface area is 325 Å². The smallest absolute Gasteiger partial charge is 0.305 e. The van der Waals surface area contributed by atoms with Crippen LogP contribution in [0.4, 0.5) is 0 Å². The van der Waals surface area contributed by atoms with Crippen molar-refractivity contribution < 1.29 is 23.8 Å². The summed E-state index contributed by atoms with van der Waals surface area (Å²) < 4.78 is 17.2. The van der Waals surface area contributed by atoms with E-state index in [4.69, 9.17) is 14.2 Å². The Morgan fingerprint density at radius 3 is 1.31 bits per heavy atom. The standard InChI is InChI=1S/C46H91NO5/c1-5-8-11-14-18-27-34-42-52-46(49)37-30-23-20-25-32-39-47(40-43-50-44(4)48)38-31-24-17-19-26-33-41-51-45(35-28-21-15-12-9-6-2)36-29-22-16-13-10-7-3/h45H,5-43H2,1-4H3. The molecule has 0 atom stereocenters. The second-order valence-corrected chi connectivity index (χ2v) is 15.8. The molecule has 310 valence electrons. The molecular formula is C46H91NO5. The Morgan fingerprint density at radius 1 is 0.423 bits per heavy atom. The summed E-state index contributed by atoms with van der Waals surface area (Å²) in [5.74, 6) is -0.219. The highest BCUT2D eigenvalue weighted by molar-refractivity contribution is 5.69. The summed E-state index contributed by atoms with van der Waals surface area (Å²) >= 11 is 0. The molecule has 0 saturated heterocycles. The van der Waals surface area contributed by atoms with E-state index in [0.29, 0.717) is 25.7 Å². The maximum absolute atomic E-state index is 12.0. The van der Waals surface area contributed by atoms with Gasteiger partial charge in [-0.25, -0.2) is 0 Å². The van der Waals surface area contributed by atoms with E-state index in [9.17, 15) is 9.59 Å². The highest BCUT2D eigenvalue weighted by Gasteiger charge is 2.10. The molecule has 0 aliphatic rings. The molecule has 0 aromatic rings. The van der Waals surface area contributed by atoms with Gasteiger partial charge < -0.3 is 14.2 Å². The van der Waals surface area contributed by atoms with Crippen LogP contribution >= 0.6 is 0 Å². The predicted molar refractivity (Wildman–Crippen MR) is 223 cm³/mol. The summed E-state index contributed by atoms with van der Waals surface area (Å²) in [6, 6.07) is 0. The zero-order valence-electron chi connectivity index (χ0n) is 35.6. The number of ether oxygens (including phenoxy) is 3. The van der Waals surface area contributed by atoms with Gasteiger partial charge in [-0.15, -0.1) is 0 Å². The maximum Gasteiger partial charge on any atom is 0.305 e. The lowest BCUT2D eigenvalue weighted by atomic mass is 10.0.